The normalized spacial score (nSPS) is 11.2. The number of anilines is 2. The first-order chi connectivity index (χ1) is 16.7. The molecule has 36 heavy (non-hydrogen) atoms. The van der Waals surface area contributed by atoms with E-state index in [1.807, 2.05) is 32.0 Å². The van der Waals surface area contributed by atoms with Gasteiger partial charge >= 0.3 is 12.1 Å². The molecule has 0 fully saturated rings. The van der Waals surface area contributed by atoms with Crippen LogP contribution in [0, 0.1) is 6.92 Å². The van der Waals surface area contributed by atoms with Gasteiger partial charge < -0.3 is 20.1 Å². The van der Waals surface area contributed by atoms with Gasteiger partial charge in [-0.1, -0.05) is 6.07 Å². The number of nitrogens with one attached hydrogen (secondary N) is 1. The van der Waals surface area contributed by atoms with Gasteiger partial charge in [0.25, 0.3) is 0 Å². The van der Waals surface area contributed by atoms with Gasteiger partial charge in [0.1, 0.15) is 5.75 Å². The Morgan fingerprint density at radius 1 is 1.06 bits per heavy atom. The van der Waals surface area contributed by atoms with Crippen LogP contribution in [0.1, 0.15) is 32.8 Å². The minimum atomic E-state index is -5.08. The number of amides is 1. The van der Waals surface area contributed by atoms with E-state index in [0.717, 1.165) is 24.3 Å². The molecule has 2 aromatic carbocycles. The number of carbonyl (C=O) groups excluding carboxylic acids is 1. The molecule has 200 valence electrons. The molecule has 0 aliphatic rings. The SMILES string of the molecule is CCOc1cccc(S(=O)(=O)CCC(=O)Nc2ccc(N(CC)CC)cc2C)c1.O=C(O)C(F)(F)F. The maximum Gasteiger partial charge on any atom is 0.490 e. The second-order valence-corrected chi connectivity index (χ2v) is 9.61. The van der Waals surface area contributed by atoms with Crippen LogP contribution in [0.5, 0.6) is 5.75 Å². The number of benzene rings is 2. The molecule has 0 aliphatic carbocycles. The Hall–Kier alpha value is -3.28. The largest absolute Gasteiger partial charge is 0.494 e. The van der Waals surface area contributed by atoms with Crippen LogP contribution in [0.3, 0.4) is 0 Å². The molecule has 0 saturated heterocycles. The highest BCUT2D eigenvalue weighted by Gasteiger charge is 2.38. The summed E-state index contributed by atoms with van der Waals surface area (Å²) in [6.45, 7) is 10.2. The molecule has 2 N–H and O–H groups in total. The van der Waals surface area contributed by atoms with Gasteiger partial charge in [-0.3, -0.25) is 4.79 Å². The number of hydrogen-bond donors (Lipinski definition) is 2. The summed E-state index contributed by atoms with van der Waals surface area (Å²) < 4.78 is 62.2. The zero-order valence-electron chi connectivity index (χ0n) is 20.6. The van der Waals surface area contributed by atoms with Gasteiger partial charge in [-0.15, -0.1) is 0 Å². The van der Waals surface area contributed by atoms with Crippen molar-refractivity contribution in [2.24, 2.45) is 0 Å². The lowest BCUT2D eigenvalue weighted by Gasteiger charge is -2.22. The second-order valence-electron chi connectivity index (χ2n) is 7.50. The van der Waals surface area contributed by atoms with Crippen LogP contribution in [0.4, 0.5) is 24.5 Å². The number of alkyl halides is 3. The Balaban J connectivity index is 0.000000809. The average Bonchev–Trinajstić information content (AvgIpc) is 2.80. The fraction of sp³-hybridized carbons (Fsp3) is 0.417. The number of nitrogens with zero attached hydrogens (tertiary/aromatic N) is 1. The van der Waals surface area contributed by atoms with Crippen LogP contribution in [0.2, 0.25) is 0 Å². The number of hydrogen-bond acceptors (Lipinski definition) is 6. The van der Waals surface area contributed by atoms with Gasteiger partial charge in [-0.25, -0.2) is 13.2 Å². The van der Waals surface area contributed by atoms with E-state index < -0.39 is 22.0 Å². The quantitative estimate of drug-likeness (QED) is 0.457. The van der Waals surface area contributed by atoms with Gasteiger partial charge in [-0.2, -0.15) is 13.2 Å². The van der Waals surface area contributed by atoms with Crippen molar-refractivity contribution in [3.8, 4) is 5.75 Å². The molecule has 0 atom stereocenters. The van der Waals surface area contributed by atoms with E-state index in [1.54, 1.807) is 12.1 Å². The highest BCUT2D eigenvalue weighted by molar-refractivity contribution is 7.91. The van der Waals surface area contributed by atoms with Crippen molar-refractivity contribution >= 4 is 33.1 Å². The van der Waals surface area contributed by atoms with Gasteiger partial charge in [0, 0.05) is 30.9 Å². The third-order valence-electron chi connectivity index (χ3n) is 4.93. The van der Waals surface area contributed by atoms with Crippen molar-refractivity contribution < 1.29 is 41.0 Å². The number of sulfone groups is 1. The molecule has 2 aromatic rings. The summed E-state index contributed by atoms with van der Waals surface area (Å²) in [4.78, 5) is 23.6. The summed E-state index contributed by atoms with van der Waals surface area (Å²) in [5, 5.41) is 9.95. The minimum Gasteiger partial charge on any atom is -0.494 e. The smallest absolute Gasteiger partial charge is 0.490 e. The zero-order valence-corrected chi connectivity index (χ0v) is 21.4. The Morgan fingerprint density at radius 2 is 1.67 bits per heavy atom. The van der Waals surface area contributed by atoms with Crippen LogP contribution in [0.15, 0.2) is 47.4 Å². The third kappa shape index (κ3) is 9.76. The Morgan fingerprint density at radius 3 is 2.17 bits per heavy atom. The molecule has 0 spiro atoms. The van der Waals surface area contributed by atoms with Crippen molar-refractivity contribution in [1.82, 2.24) is 0 Å². The Bertz CT molecular complexity index is 1130. The van der Waals surface area contributed by atoms with Crippen LogP contribution in [0.25, 0.3) is 0 Å². The van der Waals surface area contributed by atoms with Gasteiger partial charge in [-0.05, 0) is 69.7 Å². The fourth-order valence-corrected chi connectivity index (χ4v) is 4.33. The first kappa shape index (κ1) is 30.8. The number of rotatable bonds is 10. The van der Waals surface area contributed by atoms with Crippen molar-refractivity contribution in [3.63, 3.8) is 0 Å². The lowest BCUT2D eigenvalue weighted by molar-refractivity contribution is -0.192. The van der Waals surface area contributed by atoms with Gasteiger partial charge in [0.15, 0.2) is 9.84 Å². The Labute approximate surface area is 209 Å². The molecule has 0 aromatic heterocycles. The van der Waals surface area contributed by atoms with Crippen LogP contribution >= 0.6 is 0 Å². The van der Waals surface area contributed by atoms with Gasteiger partial charge in [0.05, 0.1) is 17.3 Å². The molecule has 0 heterocycles. The summed E-state index contributed by atoms with van der Waals surface area (Å²) in [5.74, 6) is -2.84. The number of ether oxygens (including phenoxy) is 1. The molecular formula is C24H31F3N2O6S. The lowest BCUT2D eigenvalue weighted by atomic mass is 10.1. The fourth-order valence-electron chi connectivity index (χ4n) is 3.06. The van der Waals surface area contributed by atoms with E-state index in [1.165, 1.54) is 12.1 Å². The summed E-state index contributed by atoms with van der Waals surface area (Å²) >= 11 is 0. The first-order valence-corrected chi connectivity index (χ1v) is 12.8. The minimum absolute atomic E-state index is 0.113. The molecule has 0 radical (unpaired) electrons. The van der Waals surface area contributed by atoms with E-state index in [0.29, 0.717) is 18.0 Å². The zero-order chi connectivity index (χ0) is 27.5. The number of halogens is 3. The van der Waals surface area contributed by atoms with E-state index in [-0.39, 0.29) is 23.0 Å². The monoisotopic (exact) mass is 532 g/mol. The standard InChI is InChI=1S/C22H30N2O4S.C2HF3O2/c1-5-24(6-2)18-11-12-21(17(4)15-18)23-22(25)13-14-29(26,27)20-10-8-9-19(16-20)28-7-3;3-2(4,5)1(6)7/h8-12,15-16H,5-7,13-14H2,1-4H3,(H,23,25);(H,6,7). The van der Waals surface area contributed by atoms with Crippen LogP contribution in [-0.4, -0.2) is 57.0 Å². The lowest BCUT2D eigenvalue weighted by Crippen LogP contribution is -2.22. The van der Waals surface area contributed by atoms with Crippen molar-refractivity contribution in [2.45, 2.75) is 45.2 Å². The van der Waals surface area contributed by atoms with E-state index in [4.69, 9.17) is 14.6 Å². The third-order valence-corrected chi connectivity index (χ3v) is 6.64. The van der Waals surface area contributed by atoms with Crippen molar-refractivity contribution in [1.29, 1.82) is 0 Å². The molecule has 0 bridgehead atoms. The average molecular weight is 533 g/mol. The maximum atomic E-state index is 12.6. The number of carboxylic acids is 1. The predicted molar refractivity (Wildman–Crippen MR) is 131 cm³/mol. The topological polar surface area (TPSA) is 113 Å². The molecule has 0 aliphatic heterocycles. The number of aliphatic carboxylic acids is 1. The molecule has 8 nitrogen and oxygen atoms in total. The van der Waals surface area contributed by atoms with Crippen molar-refractivity contribution in [3.05, 3.63) is 48.0 Å². The maximum absolute atomic E-state index is 12.6. The highest BCUT2D eigenvalue weighted by atomic mass is 32.2. The van der Waals surface area contributed by atoms with Crippen LogP contribution in [-0.2, 0) is 19.4 Å². The number of aryl methyl sites for hydroxylation is 1. The van der Waals surface area contributed by atoms with Gasteiger partial charge in [0.2, 0.25) is 5.91 Å². The first-order valence-electron chi connectivity index (χ1n) is 11.2. The molecular weight excluding hydrogens is 501 g/mol. The second kappa shape index (κ2) is 13.7. The highest BCUT2D eigenvalue weighted by Crippen LogP contribution is 2.23. The summed E-state index contributed by atoms with van der Waals surface area (Å²) in [5.41, 5.74) is 2.74. The predicted octanol–water partition coefficient (Wildman–Crippen LogP) is 4.68. The van der Waals surface area contributed by atoms with Crippen LogP contribution < -0.4 is 15.0 Å². The van der Waals surface area contributed by atoms with E-state index in [9.17, 15) is 26.4 Å². The molecule has 0 unspecified atom stereocenters. The molecule has 12 heteroatoms. The summed E-state index contributed by atoms with van der Waals surface area (Å²) in [7, 11) is -3.57. The van der Waals surface area contributed by atoms with E-state index in [2.05, 4.69) is 24.1 Å². The van der Waals surface area contributed by atoms with E-state index >= 15 is 0 Å². The molecule has 0 saturated carbocycles. The number of carbonyl (C=O) groups is 2. The van der Waals surface area contributed by atoms with Crippen molar-refractivity contribution in [2.75, 3.05) is 35.7 Å². The summed E-state index contributed by atoms with van der Waals surface area (Å²) in [6.07, 6.45) is -5.20. The number of carboxylic acid groups (broad SMARTS) is 1. The molecule has 2 rings (SSSR count). The Kier molecular flexibility index (Phi) is 11.7. The summed E-state index contributed by atoms with van der Waals surface area (Å²) in [6, 6.07) is 12.2. The molecule has 1 amide bonds.